The highest BCUT2D eigenvalue weighted by Crippen LogP contribution is 2.26. The van der Waals surface area contributed by atoms with Gasteiger partial charge in [-0.2, -0.15) is 8.78 Å². The third-order valence-corrected chi connectivity index (χ3v) is 3.11. The number of hydrogen-bond donors (Lipinski definition) is 0. The van der Waals surface area contributed by atoms with E-state index in [1.54, 1.807) is 12.1 Å². The molecule has 1 aliphatic heterocycles. The Hall–Kier alpha value is -3.09. The molecule has 2 aromatic carbocycles. The van der Waals surface area contributed by atoms with Crippen LogP contribution in [-0.4, -0.2) is 18.5 Å². The van der Waals surface area contributed by atoms with Gasteiger partial charge in [0.05, 0.1) is 5.56 Å². The van der Waals surface area contributed by atoms with E-state index in [2.05, 4.69) is 9.73 Å². The van der Waals surface area contributed by atoms with Crippen molar-refractivity contribution < 1.29 is 27.4 Å². The second-order valence-electron chi connectivity index (χ2n) is 4.77. The smallest absolute Gasteiger partial charge is 0.387 e. The van der Waals surface area contributed by atoms with E-state index in [4.69, 9.17) is 4.74 Å². The Morgan fingerprint density at radius 2 is 1.92 bits per heavy atom. The number of halogens is 3. The maximum absolute atomic E-state index is 13.2. The van der Waals surface area contributed by atoms with E-state index in [0.717, 1.165) is 0 Å². The van der Waals surface area contributed by atoms with Crippen LogP contribution in [0.2, 0.25) is 0 Å². The van der Waals surface area contributed by atoms with E-state index < -0.39 is 18.4 Å². The number of ether oxygens (including phenoxy) is 2. The minimum atomic E-state index is -3.02. The first-order valence-corrected chi connectivity index (χ1v) is 6.85. The van der Waals surface area contributed by atoms with E-state index in [1.165, 1.54) is 42.5 Å². The van der Waals surface area contributed by atoms with Crippen molar-refractivity contribution in [3.8, 4) is 5.75 Å². The fourth-order valence-corrected chi connectivity index (χ4v) is 2.12. The summed E-state index contributed by atoms with van der Waals surface area (Å²) in [6.45, 7) is -3.02. The number of aliphatic imine (C=N–C) groups is 1. The van der Waals surface area contributed by atoms with Crippen molar-refractivity contribution >= 4 is 17.9 Å². The number of rotatable bonds is 4. The van der Waals surface area contributed by atoms with Crippen molar-refractivity contribution in [1.29, 1.82) is 0 Å². The molecule has 0 spiro atoms. The average molecular weight is 333 g/mol. The lowest BCUT2D eigenvalue weighted by atomic mass is 10.2. The van der Waals surface area contributed by atoms with Crippen molar-refractivity contribution in [3.63, 3.8) is 0 Å². The molecule has 1 heterocycles. The van der Waals surface area contributed by atoms with Gasteiger partial charge in [0.15, 0.2) is 5.70 Å². The fourth-order valence-electron chi connectivity index (χ4n) is 2.12. The molecular weight excluding hydrogens is 323 g/mol. The molecule has 0 saturated carbocycles. The molecule has 2 aromatic rings. The lowest BCUT2D eigenvalue weighted by Crippen LogP contribution is -2.10. The fraction of sp³-hybridized carbons (Fsp3) is 0.0588. The number of nitrogens with zero attached hydrogens (tertiary/aromatic N) is 1. The van der Waals surface area contributed by atoms with Crippen LogP contribution in [0.1, 0.15) is 11.1 Å². The third kappa shape index (κ3) is 3.45. The van der Waals surface area contributed by atoms with Crippen molar-refractivity contribution in [2.45, 2.75) is 6.61 Å². The number of benzene rings is 2. The van der Waals surface area contributed by atoms with Gasteiger partial charge >= 0.3 is 12.6 Å². The summed E-state index contributed by atoms with van der Waals surface area (Å²) in [7, 11) is 0. The summed E-state index contributed by atoms with van der Waals surface area (Å²) >= 11 is 0. The van der Waals surface area contributed by atoms with Gasteiger partial charge in [-0.3, -0.25) is 0 Å². The summed E-state index contributed by atoms with van der Waals surface area (Å²) in [5.41, 5.74) is 0.473. The number of esters is 1. The van der Waals surface area contributed by atoms with Crippen LogP contribution in [0.5, 0.6) is 5.75 Å². The summed E-state index contributed by atoms with van der Waals surface area (Å²) < 4.78 is 47.5. The van der Waals surface area contributed by atoms with Crippen molar-refractivity contribution in [2.75, 3.05) is 0 Å². The molecule has 7 heteroatoms. The predicted molar refractivity (Wildman–Crippen MR) is 80.1 cm³/mol. The number of carbonyl (C=O) groups excluding carboxylic acids is 1. The summed E-state index contributed by atoms with van der Waals surface area (Å²) in [4.78, 5) is 15.9. The van der Waals surface area contributed by atoms with Crippen molar-refractivity contribution in [3.05, 3.63) is 71.2 Å². The van der Waals surface area contributed by atoms with Gasteiger partial charge in [0, 0.05) is 0 Å². The largest absolute Gasteiger partial charge is 0.434 e. The van der Waals surface area contributed by atoms with Gasteiger partial charge in [-0.25, -0.2) is 14.2 Å². The first kappa shape index (κ1) is 15.8. The van der Waals surface area contributed by atoms with Gasteiger partial charge in [0.1, 0.15) is 11.6 Å². The van der Waals surface area contributed by atoms with Crippen molar-refractivity contribution in [1.82, 2.24) is 0 Å². The molecule has 0 radical (unpaired) electrons. The number of hydrogen-bond acceptors (Lipinski definition) is 4. The molecule has 0 unspecified atom stereocenters. The topological polar surface area (TPSA) is 47.9 Å². The highest BCUT2D eigenvalue weighted by atomic mass is 19.3. The maximum atomic E-state index is 13.2. The zero-order chi connectivity index (χ0) is 17.1. The van der Waals surface area contributed by atoms with E-state index in [-0.39, 0.29) is 22.9 Å². The van der Waals surface area contributed by atoms with Gasteiger partial charge in [0.2, 0.25) is 5.90 Å². The summed E-state index contributed by atoms with van der Waals surface area (Å²) in [6, 6.07) is 11.4. The first-order chi connectivity index (χ1) is 11.5. The van der Waals surface area contributed by atoms with Crippen LogP contribution in [0.4, 0.5) is 13.2 Å². The molecule has 4 nitrogen and oxygen atoms in total. The van der Waals surface area contributed by atoms with Gasteiger partial charge in [-0.1, -0.05) is 24.3 Å². The lowest BCUT2D eigenvalue weighted by molar-refractivity contribution is -0.129. The Morgan fingerprint density at radius 1 is 1.12 bits per heavy atom. The minimum absolute atomic E-state index is 0.0672. The highest BCUT2D eigenvalue weighted by Gasteiger charge is 2.26. The quantitative estimate of drug-likeness (QED) is 0.632. The molecule has 0 atom stereocenters. The Labute approximate surface area is 134 Å². The van der Waals surface area contributed by atoms with Crippen molar-refractivity contribution in [2.24, 2.45) is 4.99 Å². The zero-order valence-corrected chi connectivity index (χ0v) is 12.1. The van der Waals surface area contributed by atoms with Crippen LogP contribution < -0.4 is 4.74 Å². The summed E-state index contributed by atoms with van der Waals surface area (Å²) in [5.74, 6) is -1.54. The molecular formula is C17H10F3NO3. The van der Waals surface area contributed by atoms with Crippen LogP contribution in [0.15, 0.2) is 59.2 Å². The van der Waals surface area contributed by atoms with Crippen LogP contribution >= 0.6 is 0 Å². The third-order valence-electron chi connectivity index (χ3n) is 3.11. The Bertz CT molecular complexity index is 846. The molecule has 0 bridgehead atoms. The van der Waals surface area contributed by atoms with Gasteiger partial charge in [-0.05, 0) is 35.9 Å². The predicted octanol–water partition coefficient (Wildman–Crippen LogP) is 3.77. The number of para-hydroxylation sites is 1. The Kier molecular flexibility index (Phi) is 4.33. The highest BCUT2D eigenvalue weighted by molar-refractivity contribution is 6.13. The van der Waals surface area contributed by atoms with Crippen LogP contribution in [0.25, 0.3) is 6.08 Å². The maximum Gasteiger partial charge on any atom is 0.387 e. The molecule has 0 saturated heterocycles. The van der Waals surface area contributed by atoms with Gasteiger partial charge in [-0.15, -0.1) is 0 Å². The molecule has 0 aliphatic carbocycles. The van der Waals surface area contributed by atoms with E-state index in [1.807, 2.05) is 0 Å². The second kappa shape index (κ2) is 6.57. The average Bonchev–Trinajstić information content (AvgIpc) is 2.88. The number of carbonyl (C=O) groups is 1. The molecule has 0 aromatic heterocycles. The minimum Gasteiger partial charge on any atom is -0.434 e. The second-order valence-corrected chi connectivity index (χ2v) is 4.77. The normalized spacial score (nSPS) is 15.6. The first-order valence-electron chi connectivity index (χ1n) is 6.85. The zero-order valence-electron chi connectivity index (χ0n) is 12.1. The standard InChI is InChI=1S/C17H10F3NO3/c18-11-5-3-4-10(8-11)9-13-16(22)24-15(21-13)12-6-1-2-7-14(12)23-17(19)20/h1-9,17H/b13-9-. The molecule has 0 N–H and O–H groups in total. The van der Waals surface area contributed by atoms with E-state index in [9.17, 15) is 18.0 Å². The van der Waals surface area contributed by atoms with E-state index >= 15 is 0 Å². The molecule has 0 amide bonds. The van der Waals surface area contributed by atoms with Crippen LogP contribution in [-0.2, 0) is 9.53 Å². The van der Waals surface area contributed by atoms with Crippen LogP contribution in [0, 0.1) is 5.82 Å². The SMILES string of the molecule is O=C1OC(c2ccccc2OC(F)F)=N/C1=C\c1cccc(F)c1. The van der Waals surface area contributed by atoms with Gasteiger partial charge in [0.25, 0.3) is 0 Å². The molecule has 1 aliphatic rings. The van der Waals surface area contributed by atoms with Crippen LogP contribution in [0.3, 0.4) is 0 Å². The number of cyclic esters (lactones) is 1. The van der Waals surface area contributed by atoms with Gasteiger partial charge < -0.3 is 9.47 Å². The lowest BCUT2D eigenvalue weighted by Gasteiger charge is -2.08. The summed E-state index contributed by atoms with van der Waals surface area (Å²) in [5, 5.41) is 0. The number of alkyl halides is 2. The molecule has 24 heavy (non-hydrogen) atoms. The molecule has 122 valence electrons. The van der Waals surface area contributed by atoms with E-state index in [0.29, 0.717) is 5.56 Å². The molecule has 0 fully saturated rings. The summed E-state index contributed by atoms with van der Waals surface area (Å²) in [6.07, 6.45) is 1.34. The Balaban J connectivity index is 1.95. The Morgan fingerprint density at radius 3 is 2.67 bits per heavy atom. The molecule has 3 rings (SSSR count). The monoisotopic (exact) mass is 333 g/mol.